The molecule has 70 valence electrons. The second kappa shape index (κ2) is 3.73. The quantitative estimate of drug-likeness (QED) is 0.591. The standard InChI is InChI=1S/C9H19N3/c1-12(9-6-11-7-9)8-3-2-4-10-5-8/h8-11H,2-7H2,1H3. The summed E-state index contributed by atoms with van der Waals surface area (Å²) < 4.78 is 0. The Morgan fingerprint density at radius 2 is 1.83 bits per heavy atom. The Balaban J connectivity index is 1.80. The van der Waals surface area contributed by atoms with Gasteiger partial charge in [-0.3, -0.25) is 4.90 Å². The van der Waals surface area contributed by atoms with E-state index in [1.807, 2.05) is 0 Å². The van der Waals surface area contributed by atoms with E-state index < -0.39 is 0 Å². The van der Waals surface area contributed by atoms with Gasteiger partial charge >= 0.3 is 0 Å². The van der Waals surface area contributed by atoms with E-state index in [0.29, 0.717) is 0 Å². The fourth-order valence-corrected chi connectivity index (χ4v) is 2.04. The van der Waals surface area contributed by atoms with Gasteiger partial charge in [-0.2, -0.15) is 0 Å². The zero-order valence-electron chi connectivity index (χ0n) is 7.84. The third-order valence-corrected chi connectivity index (χ3v) is 3.18. The highest BCUT2D eigenvalue weighted by Gasteiger charge is 2.27. The lowest BCUT2D eigenvalue weighted by molar-refractivity contribution is 0.110. The lowest BCUT2D eigenvalue weighted by atomic mass is 10.0. The van der Waals surface area contributed by atoms with Crippen molar-refractivity contribution in [3.8, 4) is 0 Å². The maximum Gasteiger partial charge on any atom is 0.0345 e. The third-order valence-electron chi connectivity index (χ3n) is 3.18. The van der Waals surface area contributed by atoms with Gasteiger partial charge in [0.25, 0.3) is 0 Å². The van der Waals surface area contributed by atoms with Gasteiger partial charge in [0.2, 0.25) is 0 Å². The summed E-state index contributed by atoms with van der Waals surface area (Å²) in [5.41, 5.74) is 0. The molecule has 3 heteroatoms. The maximum absolute atomic E-state index is 3.46. The average Bonchev–Trinajstić information content (AvgIpc) is 2.03. The zero-order chi connectivity index (χ0) is 8.39. The first-order valence-corrected chi connectivity index (χ1v) is 5.01. The Kier molecular flexibility index (Phi) is 2.63. The fraction of sp³-hybridized carbons (Fsp3) is 1.00. The minimum atomic E-state index is 0.783. The first-order chi connectivity index (χ1) is 5.88. The number of hydrogen-bond donors (Lipinski definition) is 2. The van der Waals surface area contributed by atoms with Crippen molar-refractivity contribution in [1.29, 1.82) is 0 Å². The molecule has 0 bridgehead atoms. The monoisotopic (exact) mass is 169 g/mol. The molecule has 0 aromatic carbocycles. The predicted molar refractivity (Wildman–Crippen MR) is 50.3 cm³/mol. The topological polar surface area (TPSA) is 27.3 Å². The number of hydrogen-bond acceptors (Lipinski definition) is 3. The fourth-order valence-electron chi connectivity index (χ4n) is 2.04. The number of nitrogens with one attached hydrogen (secondary N) is 2. The summed E-state index contributed by atoms with van der Waals surface area (Å²) in [5.74, 6) is 0. The lowest BCUT2D eigenvalue weighted by Gasteiger charge is -2.42. The molecular formula is C9H19N3. The summed E-state index contributed by atoms with van der Waals surface area (Å²) in [5, 5.41) is 6.78. The molecule has 0 amide bonds. The smallest absolute Gasteiger partial charge is 0.0345 e. The average molecular weight is 169 g/mol. The van der Waals surface area contributed by atoms with Crippen molar-refractivity contribution >= 4 is 0 Å². The summed E-state index contributed by atoms with van der Waals surface area (Å²) in [6.07, 6.45) is 2.72. The van der Waals surface area contributed by atoms with Gasteiger partial charge in [-0.05, 0) is 26.4 Å². The van der Waals surface area contributed by atoms with E-state index in [9.17, 15) is 0 Å². The molecule has 12 heavy (non-hydrogen) atoms. The van der Waals surface area contributed by atoms with Crippen LogP contribution in [0.25, 0.3) is 0 Å². The summed E-state index contributed by atoms with van der Waals surface area (Å²) in [6, 6.07) is 1.58. The molecule has 1 unspecified atom stereocenters. The SMILES string of the molecule is CN(C1CCCNC1)C1CNC1. The highest BCUT2D eigenvalue weighted by Crippen LogP contribution is 2.13. The van der Waals surface area contributed by atoms with Gasteiger partial charge in [-0.15, -0.1) is 0 Å². The maximum atomic E-state index is 3.46. The molecule has 2 aliphatic rings. The number of likely N-dealkylation sites (N-methyl/N-ethyl adjacent to an activating group) is 1. The number of nitrogens with zero attached hydrogens (tertiary/aromatic N) is 1. The van der Waals surface area contributed by atoms with Crippen molar-refractivity contribution in [2.24, 2.45) is 0 Å². The van der Waals surface area contributed by atoms with Crippen molar-refractivity contribution in [2.75, 3.05) is 33.2 Å². The number of piperidine rings is 1. The van der Waals surface area contributed by atoms with Crippen LogP contribution >= 0.6 is 0 Å². The molecule has 3 nitrogen and oxygen atoms in total. The van der Waals surface area contributed by atoms with Gasteiger partial charge in [-0.25, -0.2) is 0 Å². The van der Waals surface area contributed by atoms with E-state index in [4.69, 9.17) is 0 Å². The van der Waals surface area contributed by atoms with Crippen LogP contribution in [0.1, 0.15) is 12.8 Å². The largest absolute Gasteiger partial charge is 0.315 e. The van der Waals surface area contributed by atoms with Crippen LogP contribution in [0.2, 0.25) is 0 Å². The molecule has 2 N–H and O–H groups in total. The van der Waals surface area contributed by atoms with Crippen molar-refractivity contribution in [3.05, 3.63) is 0 Å². The van der Waals surface area contributed by atoms with Crippen LogP contribution in [0.15, 0.2) is 0 Å². The number of rotatable bonds is 2. The summed E-state index contributed by atoms with van der Waals surface area (Å²) in [7, 11) is 2.27. The second-order valence-electron chi connectivity index (χ2n) is 3.98. The minimum Gasteiger partial charge on any atom is -0.315 e. The zero-order valence-corrected chi connectivity index (χ0v) is 7.84. The van der Waals surface area contributed by atoms with Gasteiger partial charge in [0.05, 0.1) is 0 Å². The van der Waals surface area contributed by atoms with E-state index in [1.165, 1.54) is 39.0 Å². The van der Waals surface area contributed by atoms with Gasteiger partial charge in [0.1, 0.15) is 0 Å². The molecule has 2 heterocycles. The minimum absolute atomic E-state index is 0.783. The molecule has 2 fully saturated rings. The van der Waals surface area contributed by atoms with Crippen LogP contribution in [0.3, 0.4) is 0 Å². The molecule has 0 radical (unpaired) electrons. The van der Waals surface area contributed by atoms with Crippen molar-refractivity contribution < 1.29 is 0 Å². The van der Waals surface area contributed by atoms with Crippen LogP contribution in [0, 0.1) is 0 Å². The summed E-state index contributed by atoms with van der Waals surface area (Å²) in [6.45, 7) is 4.78. The van der Waals surface area contributed by atoms with E-state index in [-0.39, 0.29) is 0 Å². The van der Waals surface area contributed by atoms with Crippen LogP contribution in [0.5, 0.6) is 0 Å². The Morgan fingerprint density at radius 1 is 1.08 bits per heavy atom. The van der Waals surface area contributed by atoms with Gasteiger partial charge in [0.15, 0.2) is 0 Å². The summed E-state index contributed by atoms with van der Waals surface area (Å²) in [4.78, 5) is 2.54. The molecular weight excluding hydrogens is 150 g/mol. The first kappa shape index (κ1) is 8.48. The van der Waals surface area contributed by atoms with Gasteiger partial charge in [-0.1, -0.05) is 0 Å². The molecule has 1 atom stereocenters. The molecule has 2 rings (SSSR count). The molecule has 0 saturated carbocycles. The Morgan fingerprint density at radius 3 is 2.33 bits per heavy atom. The normalized spacial score (nSPS) is 32.0. The predicted octanol–water partition coefficient (Wildman–Crippen LogP) is -0.358. The van der Waals surface area contributed by atoms with E-state index in [2.05, 4.69) is 22.6 Å². The van der Waals surface area contributed by atoms with E-state index in [1.54, 1.807) is 0 Å². The highest BCUT2D eigenvalue weighted by molar-refractivity contribution is 4.88. The lowest BCUT2D eigenvalue weighted by Crippen LogP contribution is -2.60. The molecule has 0 aliphatic carbocycles. The van der Waals surface area contributed by atoms with Crippen LogP contribution < -0.4 is 10.6 Å². The third kappa shape index (κ3) is 1.63. The highest BCUT2D eigenvalue weighted by atomic mass is 15.2. The van der Waals surface area contributed by atoms with Gasteiger partial charge < -0.3 is 10.6 Å². The van der Waals surface area contributed by atoms with Crippen molar-refractivity contribution in [2.45, 2.75) is 24.9 Å². The molecule has 2 aliphatic heterocycles. The van der Waals surface area contributed by atoms with Crippen molar-refractivity contribution in [1.82, 2.24) is 15.5 Å². The van der Waals surface area contributed by atoms with Crippen LogP contribution in [0.4, 0.5) is 0 Å². The van der Waals surface area contributed by atoms with Crippen LogP contribution in [-0.4, -0.2) is 50.2 Å². The van der Waals surface area contributed by atoms with Crippen molar-refractivity contribution in [3.63, 3.8) is 0 Å². The van der Waals surface area contributed by atoms with Crippen LogP contribution in [-0.2, 0) is 0 Å². The van der Waals surface area contributed by atoms with E-state index in [0.717, 1.165) is 12.1 Å². The van der Waals surface area contributed by atoms with Gasteiger partial charge in [0, 0.05) is 31.7 Å². The second-order valence-corrected chi connectivity index (χ2v) is 3.98. The van der Waals surface area contributed by atoms with E-state index >= 15 is 0 Å². The Bertz CT molecular complexity index is 139. The summed E-state index contributed by atoms with van der Waals surface area (Å²) >= 11 is 0. The Labute approximate surface area is 74.5 Å². The molecule has 0 aromatic rings. The molecule has 0 aromatic heterocycles. The molecule has 2 saturated heterocycles. The Hall–Kier alpha value is -0.120. The molecule has 0 spiro atoms. The first-order valence-electron chi connectivity index (χ1n) is 5.01.